The monoisotopic (exact) mass is 209 g/mol. The van der Waals surface area contributed by atoms with Gasteiger partial charge in [-0.15, -0.1) is 6.42 Å². The maximum absolute atomic E-state index is 10.3. The second-order valence-electron chi connectivity index (χ2n) is 4.85. The van der Waals surface area contributed by atoms with Gasteiger partial charge in [0.1, 0.15) is 0 Å². The van der Waals surface area contributed by atoms with Gasteiger partial charge in [-0.1, -0.05) is 19.3 Å². The van der Waals surface area contributed by atoms with E-state index in [0.717, 1.165) is 31.6 Å². The molecule has 0 bridgehead atoms. The molecule has 0 aromatic carbocycles. The summed E-state index contributed by atoms with van der Waals surface area (Å²) < 4.78 is 0. The topological polar surface area (TPSA) is 32.3 Å². The van der Waals surface area contributed by atoms with Gasteiger partial charge in [-0.25, -0.2) is 0 Å². The van der Waals surface area contributed by atoms with Crippen molar-refractivity contribution in [3.63, 3.8) is 0 Å². The van der Waals surface area contributed by atoms with Gasteiger partial charge in [0.2, 0.25) is 0 Å². The molecule has 2 N–H and O–H groups in total. The third kappa shape index (κ3) is 3.85. The van der Waals surface area contributed by atoms with Crippen LogP contribution in [0, 0.1) is 18.3 Å². The fourth-order valence-corrected chi connectivity index (χ4v) is 2.20. The van der Waals surface area contributed by atoms with Gasteiger partial charge in [0.05, 0.1) is 11.6 Å². The van der Waals surface area contributed by atoms with Gasteiger partial charge in [-0.3, -0.25) is 0 Å². The first-order valence-corrected chi connectivity index (χ1v) is 6.01. The molecule has 0 radical (unpaired) electrons. The highest BCUT2D eigenvalue weighted by molar-refractivity contribution is 4.97. The molecule has 1 atom stereocenters. The zero-order chi connectivity index (χ0) is 11.3. The van der Waals surface area contributed by atoms with Crippen LogP contribution in [-0.2, 0) is 0 Å². The van der Waals surface area contributed by atoms with Crippen molar-refractivity contribution in [3.05, 3.63) is 0 Å². The Morgan fingerprint density at radius 2 is 2.13 bits per heavy atom. The van der Waals surface area contributed by atoms with E-state index in [-0.39, 0.29) is 6.04 Å². The summed E-state index contributed by atoms with van der Waals surface area (Å²) in [4.78, 5) is 0. The molecule has 0 aromatic rings. The normalized spacial score (nSPS) is 33.3. The van der Waals surface area contributed by atoms with Gasteiger partial charge in [0.25, 0.3) is 0 Å². The van der Waals surface area contributed by atoms with E-state index in [1.807, 2.05) is 6.92 Å². The predicted molar refractivity (Wildman–Crippen MR) is 63.5 cm³/mol. The molecular weight excluding hydrogens is 186 g/mol. The van der Waals surface area contributed by atoms with Crippen molar-refractivity contribution in [3.8, 4) is 12.3 Å². The first-order chi connectivity index (χ1) is 7.09. The highest BCUT2D eigenvalue weighted by Gasteiger charge is 2.32. The zero-order valence-corrected chi connectivity index (χ0v) is 9.92. The Kier molecular flexibility index (Phi) is 4.63. The van der Waals surface area contributed by atoms with Crippen molar-refractivity contribution in [1.82, 2.24) is 5.32 Å². The smallest absolute Gasteiger partial charge is 0.0772 e. The van der Waals surface area contributed by atoms with Crippen LogP contribution in [0.25, 0.3) is 0 Å². The quantitative estimate of drug-likeness (QED) is 0.693. The molecule has 0 amide bonds. The van der Waals surface area contributed by atoms with Crippen LogP contribution in [0.1, 0.15) is 46.0 Å². The number of hydrogen-bond donors (Lipinski definition) is 2. The van der Waals surface area contributed by atoms with Crippen LogP contribution < -0.4 is 5.32 Å². The van der Waals surface area contributed by atoms with Crippen LogP contribution in [0.4, 0.5) is 0 Å². The van der Waals surface area contributed by atoms with Crippen molar-refractivity contribution >= 4 is 0 Å². The van der Waals surface area contributed by atoms with E-state index in [1.54, 1.807) is 0 Å². The molecule has 0 aromatic heterocycles. The molecule has 0 spiro atoms. The molecule has 0 aliphatic heterocycles. The third-order valence-corrected chi connectivity index (χ3v) is 3.60. The van der Waals surface area contributed by atoms with Gasteiger partial charge in [-0.05, 0) is 38.5 Å². The van der Waals surface area contributed by atoms with Crippen molar-refractivity contribution < 1.29 is 5.11 Å². The average Bonchev–Trinajstić information content (AvgIpc) is 2.27. The fraction of sp³-hybridized carbons (Fsp3) is 0.846. The van der Waals surface area contributed by atoms with Gasteiger partial charge < -0.3 is 10.4 Å². The van der Waals surface area contributed by atoms with Crippen LogP contribution in [0.5, 0.6) is 0 Å². The van der Waals surface area contributed by atoms with E-state index in [1.165, 1.54) is 6.42 Å². The first kappa shape index (κ1) is 12.5. The molecule has 2 nitrogen and oxygen atoms in total. The third-order valence-electron chi connectivity index (χ3n) is 3.60. The van der Waals surface area contributed by atoms with E-state index < -0.39 is 5.60 Å². The minimum absolute atomic E-state index is 0.0536. The molecule has 1 fully saturated rings. The van der Waals surface area contributed by atoms with Gasteiger partial charge in [0, 0.05) is 6.54 Å². The molecule has 15 heavy (non-hydrogen) atoms. The Balaban J connectivity index is 2.32. The molecule has 1 aliphatic rings. The lowest BCUT2D eigenvalue weighted by atomic mass is 9.78. The Hall–Kier alpha value is -0.520. The lowest BCUT2D eigenvalue weighted by Crippen LogP contribution is -2.45. The van der Waals surface area contributed by atoms with Crippen LogP contribution in [0.3, 0.4) is 0 Å². The average molecular weight is 209 g/mol. The largest absolute Gasteiger partial charge is 0.389 e. The Bertz CT molecular complexity index is 223. The van der Waals surface area contributed by atoms with Gasteiger partial charge >= 0.3 is 0 Å². The molecule has 0 saturated heterocycles. The summed E-state index contributed by atoms with van der Waals surface area (Å²) in [5, 5.41) is 13.5. The fourth-order valence-electron chi connectivity index (χ4n) is 2.20. The van der Waals surface area contributed by atoms with E-state index in [2.05, 4.69) is 18.2 Å². The first-order valence-electron chi connectivity index (χ1n) is 6.01. The minimum Gasteiger partial charge on any atom is -0.389 e. The van der Waals surface area contributed by atoms with E-state index >= 15 is 0 Å². The number of rotatable bonds is 4. The molecule has 2 heteroatoms. The summed E-state index contributed by atoms with van der Waals surface area (Å²) in [5.41, 5.74) is -0.517. The van der Waals surface area contributed by atoms with E-state index in [9.17, 15) is 5.11 Å². The summed E-state index contributed by atoms with van der Waals surface area (Å²) in [6, 6.07) is 0.0536. The van der Waals surface area contributed by atoms with Crippen molar-refractivity contribution in [2.75, 3.05) is 6.54 Å². The lowest BCUT2D eigenvalue weighted by molar-refractivity contribution is -0.00923. The SMILES string of the molecule is C#CC(C)NCC1(O)CCC(CC)CC1. The Morgan fingerprint density at radius 3 is 2.60 bits per heavy atom. The molecule has 1 unspecified atom stereocenters. The second-order valence-corrected chi connectivity index (χ2v) is 4.85. The number of terminal acetylenes is 1. The Morgan fingerprint density at radius 1 is 1.53 bits per heavy atom. The van der Waals surface area contributed by atoms with Crippen LogP contribution in [0.15, 0.2) is 0 Å². The minimum atomic E-state index is -0.517. The Labute approximate surface area is 93.5 Å². The number of aliphatic hydroxyl groups is 1. The summed E-state index contributed by atoms with van der Waals surface area (Å²) in [5.74, 6) is 3.43. The predicted octanol–water partition coefficient (Wildman–Crippen LogP) is 1.93. The zero-order valence-electron chi connectivity index (χ0n) is 9.92. The molecular formula is C13H23NO. The van der Waals surface area contributed by atoms with Gasteiger partial charge in [-0.2, -0.15) is 0 Å². The highest BCUT2D eigenvalue weighted by Crippen LogP contribution is 2.33. The van der Waals surface area contributed by atoms with Crippen molar-refractivity contribution in [2.24, 2.45) is 5.92 Å². The molecule has 1 rings (SSSR count). The number of nitrogens with one attached hydrogen (secondary N) is 1. The van der Waals surface area contributed by atoms with Crippen LogP contribution in [0.2, 0.25) is 0 Å². The molecule has 1 aliphatic carbocycles. The van der Waals surface area contributed by atoms with Crippen LogP contribution >= 0.6 is 0 Å². The molecule has 0 heterocycles. The second kappa shape index (κ2) is 5.53. The van der Waals surface area contributed by atoms with Gasteiger partial charge in [0.15, 0.2) is 0 Å². The van der Waals surface area contributed by atoms with Crippen molar-refractivity contribution in [2.45, 2.75) is 57.6 Å². The summed E-state index contributed by atoms with van der Waals surface area (Å²) in [6.07, 6.45) is 10.6. The maximum atomic E-state index is 10.3. The highest BCUT2D eigenvalue weighted by atomic mass is 16.3. The van der Waals surface area contributed by atoms with Crippen LogP contribution in [-0.4, -0.2) is 23.3 Å². The standard InChI is InChI=1S/C13H23NO/c1-4-11(3)14-10-13(15)8-6-12(5-2)7-9-13/h1,11-12,14-15H,5-10H2,2-3H3. The lowest BCUT2D eigenvalue weighted by Gasteiger charge is -2.36. The summed E-state index contributed by atoms with van der Waals surface area (Å²) in [6.45, 7) is 4.81. The molecule has 1 saturated carbocycles. The maximum Gasteiger partial charge on any atom is 0.0772 e. The van der Waals surface area contributed by atoms with E-state index in [0.29, 0.717) is 6.54 Å². The summed E-state index contributed by atoms with van der Waals surface area (Å²) in [7, 11) is 0. The van der Waals surface area contributed by atoms with Crippen molar-refractivity contribution in [1.29, 1.82) is 0 Å². The summed E-state index contributed by atoms with van der Waals surface area (Å²) >= 11 is 0. The molecule has 86 valence electrons. The number of hydrogen-bond acceptors (Lipinski definition) is 2. The van der Waals surface area contributed by atoms with E-state index in [4.69, 9.17) is 6.42 Å².